The second kappa shape index (κ2) is 8.75. The van der Waals surface area contributed by atoms with Crippen molar-refractivity contribution >= 4 is 33.7 Å². The molecule has 1 saturated heterocycles. The number of anilines is 2. The van der Waals surface area contributed by atoms with Crippen molar-refractivity contribution in [3.8, 4) is 22.7 Å². The largest absolute Gasteiger partial charge is 0.463 e. The minimum absolute atomic E-state index is 0.0508. The van der Waals surface area contributed by atoms with E-state index in [4.69, 9.17) is 9.40 Å². The Labute approximate surface area is 199 Å². The molecule has 1 atom stereocenters. The summed E-state index contributed by atoms with van der Waals surface area (Å²) in [5.74, 6) is 1.31. The minimum atomic E-state index is -0.323. The molecule has 6 rings (SSSR count). The van der Waals surface area contributed by atoms with E-state index in [2.05, 4.69) is 15.5 Å². The standard InChI is InChI=1S/C25H22N6O2S/c32-24(26-18-7-2-1-6-17(18)20-16-30-13-15-34-25(30)27-20)21-8-3-4-12-31(21)23-11-10-19(28-29-23)22-9-5-14-33-22/h1-2,5-7,9-11,13-16,21H,3-4,8,12H2,(H,26,32). The average molecular weight is 471 g/mol. The molecule has 1 aliphatic rings. The van der Waals surface area contributed by atoms with Crippen LogP contribution in [0.1, 0.15) is 19.3 Å². The fourth-order valence-electron chi connectivity index (χ4n) is 4.40. The molecule has 34 heavy (non-hydrogen) atoms. The van der Waals surface area contributed by atoms with Gasteiger partial charge in [0.25, 0.3) is 0 Å². The van der Waals surface area contributed by atoms with Crippen molar-refractivity contribution < 1.29 is 9.21 Å². The summed E-state index contributed by atoms with van der Waals surface area (Å²) < 4.78 is 7.40. The van der Waals surface area contributed by atoms with Crippen LogP contribution in [0.4, 0.5) is 11.5 Å². The van der Waals surface area contributed by atoms with Crippen molar-refractivity contribution in [3.63, 3.8) is 0 Å². The van der Waals surface area contributed by atoms with Gasteiger partial charge >= 0.3 is 0 Å². The molecule has 0 bridgehead atoms. The van der Waals surface area contributed by atoms with Gasteiger partial charge in [0.1, 0.15) is 11.7 Å². The Morgan fingerprint density at radius 3 is 2.82 bits per heavy atom. The third kappa shape index (κ3) is 3.84. The molecule has 8 nitrogen and oxygen atoms in total. The van der Waals surface area contributed by atoms with Crippen molar-refractivity contribution in [1.82, 2.24) is 19.6 Å². The highest BCUT2D eigenvalue weighted by atomic mass is 32.1. The van der Waals surface area contributed by atoms with Crippen LogP contribution in [0.3, 0.4) is 0 Å². The maximum absolute atomic E-state index is 13.5. The van der Waals surface area contributed by atoms with Gasteiger partial charge in [0.15, 0.2) is 16.5 Å². The van der Waals surface area contributed by atoms with E-state index in [1.165, 1.54) is 0 Å². The zero-order valence-electron chi connectivity index (χ0n) is 18.3. The van der Waals surface area contributed by atoms with Gasteiger partial charge in [-0.05, 0) is 49.6 Å². The predicted molar refractivity (Wildman–Crippen MR) is 132 cm³/mol. The summed E-state index contributed by atoms with van der Waals surface area (Å²) in [6.07, 6.45) is 8.34. The normalized spacial score (nSPS) is 16.1. The number of nitrogens with zero attached hydrogens (tertiary/aromatic N) is 5. The smallest absolute Gasteiger partial charge is 0.247 e. The van der Waals surface area contributed by atoms with E-state index in [-0.39, 0.29) is 11.9 Å². The monoisotopic (exact) mass is 470 g/mol. The molecule has 0 radical (unpaired) electrons. The molecular formula is C25H22N6O2S. The summed E-state index contributed by atoms with van der Waals surface area (Å²) in [5, 5.41) is 13.9. The summed E-state index contributed by atoms with van der Waals surface area (Å²) in [6.45, 7) is 0.756. The number of furan rings is 1. The highest BCUT2D eigenvalue weighted by molar-refractivity contribution is 7.15. The Hall–Kier alpha value is -3.98. The summed E-state index contributed by atoms with van der Waals surface area (Å²) in [6, 6.07) is 14.9. The first-order chi connectivity index (χ1) is 16.8. The van der Waals surface area contributed by atoms with E-state index < -0.39 is 0 Å². The number of imidazole rings is 1. The number of amides is 1. The van der Waals surface area contributed by atoms with Crippen LogP contribution in [0.2, 0.25) is 0 Å². The lowest BCUT2D eigenvalue weighted by atomic mass is 10.0. The fourth-order valence-corrected chi connectivity index (χ4v) is 5.10. The summed E-state index contributed by atoms with van der Waals surface area (Å²) in [7, 11) is 0. The second-order valence-corrected chi connectivity index (χ2v) is 9.09. The van der Waals surface area contributed by atoms with Gasteiger partial charge in [0.05, 0.1) is 17.6 Å². The van der Waals surface area contributed by atoms with Crippen molar-refractivity contribution in [2.45, 2.75) is 25.3 Å². The first-order valence-corrected chi connectivity index (χ1v) is 12.1. The number of nitrogens with one attached hydrogen (secondary N) is 1. The minimum Gasteiger partial charge on any atom is -0.463 e. The SMILES string of the molecule is O=C(Nc1ccccc1-c1cn2ccsc2n1)C1CCCCN1c1ccc(-c2ccco2)nn1. The van der Waals surface area contributed by atoms with E-state index in [1.807, 2.05) is 75.6 Å². The number of piperidine rings is 1. The number of thiazole rings is 1. The topological polar surface area (TPSA) is 88.6 Å². The molecule has 0 saturated carbocycles. The second-order valence-electron chi connectivity index (χ2n) is 8.21. The third-order valence-electron chi connectivity index (χ3n) is 6.08. The van der Waals surface area contributed by atoms with Crippen LogP contribution in [0.15, 0.2) is 77.0 Å². The molecule has 1 unspecified atom stereocenters. The number of rotatable bonds is 5. The van der Waals surface area contributed by atoms with Gasteiger partial charge in [-0.2, -0.15) is 0 Å². The lowest BCUT2D eigenvalue weighted by Gasteiger charge is -2.35. The molecule has 1 aromatic carbocycles. The molecule has 1 fully saturated rings. The Kier molecular flexibility index (Phi) is 5.31. The van der Waals surface area contributed by atoms with E-state index in [0.717, 1.165) is 47.7 Å². The lowest BCUT2D eigenvalue weighted by Crippen LogP contribution is -2.47. The summed E-state index contributed by atoms with van der Waals surface area (Å²) in [4.78, 5) is 21.2. The van der Waals surface area contributed by atoms with E-state index in [1.54, 1.807) is 17.6 Å². The van der Waals surface area contributed by atoms with Crippen LogP contribution in [-0.2, 0) is 4.79 Å². The third-order valence-corrected chi connectivity index (χ3v) is 6.85. The molecule has 1 amide bonds. The van der Waals surface area contributed by atoms with Crippen LogP contribution >= 0.6 is 11.3 Å². The molecule has 5 aromatic rings. The Bertz CT molecular complexity index is 1390. The van der Waals surface area contributed by atoms with Crippen LogP contribution in [0.25, 0.3) is 27.7 Å². The van der Waals surface area contributed by atoms with Crippen molar-refractivity contribution in [3.05, 3.63) is 72.6 Å². The number of aromatic nitrogens is 4. The number of hydrogen-bond donors (Lipinski definition) is 1. The first-order valence-electron chi connectivity index (χ1n) is 11.2. The molecule has 4 aromatic heterocycles. The fraction of sp³-hybridized carbons (Fsp3) is 0.200. The molecule has 5 heterocycles. The first kappa shape index (κ1) is 20.6. The molecule has 9 heteroatoms. The Morgan fingerprint density at radius 1 is 1.06 bits per heavy atom. The molecular weight excluding hydrogens is 448 g/mol. The van der Waals surface area contributed by atoms with E-state index in [0.29, 0.717) is 17.3 Å². The number of hydrogen-bond acceptors (Lipinski definition) is 7. The van der Waals surface area contributed by atoms with Crippen LogP contribution in [-0.4, -0.2) is 38.1 Å². The van der Waals surface area contributed by atoms with Gasteiger partial charge in [-0.15, -0.1) is 21.5 Å². The quantitative estimate of drug-likeness (QED) is 0.384. The summed E-state index contributed by atoms with van der Waals surface area (Å²) >= 11 is 1.58. The van der Waals surface area contributed by atoms with Crippen molar-refractivity contribution in [2.24, 2.45) is 0 Å². The zero-order chi connectivity index (χ0) is 22.9. The van der Waals surface area contributed by atoms with E-state index >= 15 is 0 Å². The van der Waals surface area contributed by atoms with Crippen molar-refractivity contribution in [2.75, 3.05) is 16.8 Å². The molecule has 1 N–H and O–H groups in total. The Balaban J connectivity index is 1.25. The average Bonchev–Trinajstić information content (AvgIpc) is 3.63. The van der Waals surface area contributed by atoms with Gasteiger partial charge < -0.3 is 14.6 Å². The van der Waals surface area contributed by atoms with Gasteiger partial charge in [-0.25, -0.2) is 4.98 Å². The lowest BCUT2D eigenvalue weighted by molar-refractivity contribution is -0.117. The van der Waals surface area contributed by atoms with Gasteiger partial charge in [0, 0.05) is 29.9 Å². The van der Waals surface area contributed by atoms with E-state index in [9.17, 15) is 4.79 Å². The van der Waals surface area contributed by atoms with Crippen LogP contribution in [0, 0.1) is 0 Å². The Morgan fingerprint density at radius 2 is 2.00 bits per heavy atom. The highest BCUT2D eigenvalue weighted by Gasteiger charge is 2.30. The number of carbonyl (C=O) groups excluding carboxylic acids is 1. The number of para-hydroxylation sites is 1. The van der Waals surface area contributed by atoms with Crippen molar-refractivity contribution in [1.29, 1.82) is 0 Å². The maximum atomic E-state index is 13.5. The van der Waals surface area contributed by atoms with Crippen LogP contribution < -0.4 is 10.2 Å². The highest BCUT2D eigenvalue weighted by Crippen LogP contribution is 2.30. The molecule has 170 valence electrons. The molecule has 0 spiro atoms. The van der Waals surface area contributed by atoms with Crippen LogP contribution in [0.5, 0.6) is 0 Å². The maximum Gasteiger partial charge on any atom is 0.247 e. The van der Waals surface area contributed by atoms with Gasteiger partial charge in [-0.1, -0.05) is 18.2 Å². The number of carbonyl (C=O) groups is 1. The molecule has 1 aliphatic heterocycles. The molecule has 0 aliphatic carbocycles. The van der Waals surface area contributed by atoms with Gasteiger partial charge in [0.2, 0.25) is 5.91 Å². The number of fused-ring (bicyclic) bond motifs is 1. The van der Waals surface area contributed by atoms with Gasteiger partial charge in [-0.3, -0.25) is 9.20 Å². The predicted octanol–water partition coefficient (Wildman–Crippen LogP) is 5.11. The zero-order valence-corrected chi connectivity index (χ0v) is 19.1. The summed E-state index contributed by atoms with van der Waals surface area (Å²) in [5.41, 5.74) is 3.16. The number of benzene rings is 1.